The lowest BCUT2D eigenvalue weighted by Crippen LogP contribution is -2.49. The average Bonchev–Trinajstić information content (AvgIpc) is 2.04. The summed E-state index contributed by atoms with van der Waals surface area (Å²) in [6.45, 7) is 2.36. The van der Waals surface area contributed by atoms with Gasteiger partial charge in [0.05, 0.1) is 0 Å². The molecule has 0 amide bonds. The molecule has 1 N–H and O–H groups in total. The molecule has 0 aromatic rings. The average molecular weight is 170 g/mol. The molecule has 3 unspecified atom stereocenters. The third kappa shape index (κ3) is 2.20. The van der Waals surface area contributed by atoms with Gasteiger partial charge in [-0.1, -0.05) is 6.92 Å². The lowest BCUT2D eigenvalue weighted by molar-refractivity contribution is 0.152. The maximum absolute atomic E-state index is 3.41. The molecule has 3 atom stereocenters. The smallest absolute Gasteiger partial charge is 0.0245 e. The largest absolute Gasteiger partial charge is 0.315 e. The predicted molar refractivity (Wildman–Crippen MR) is 53.3 cm³/mol. The van der Waals surface area contributed by atoms with Crippen LogP contribution in [0.3, 0.4) is 0 Å². The van der Waals surface area contributed by atoms with E-state index in [0.29, 0.717) is 6.04 Å². The first-order valence-corrected chi connectivity index (χ1v) is 4.98. The molecule has 0 heterocycles. The second kappa shape index (κ2) is 4.24. The van der Waals surface area contributed by atoms with Gasteiger partial charge in [-0.2, -0.15) is 0 Å². The summed E-state index contributed by atoms with van der Waals surface area (Å²) in [5.41, 5.74) is 0. The summed E-state index contributed by atoms with van der Waals surface area (Å²) in [7, 11) is 6.46. The van der Waals surface area contributed by atoms with Gasteiger partial charge < -0.3 is 10.2 Å². The fourth-order valence-electron chi connectivity index (χ4n) is 2.26. The molecule has 2 heteroatoms. The standard InChI is InChI=1S/C10H22N2/c1-8-5-6-9(11-2)10(7-8)12(3)4/h8-11H,5-7H2,1-4H3. The highest BCUT2D eigenvalue weighted by Gasteiger charge is 2.28. The highest BCUT2D eigenvalue weighted by molar-refractivity contribution is 4.87. The van der Waals surface area contributed by atoms with Crippen molar-refractivity contribution >= 4 is 0 Å². The van der Waals surface area contributed by atoms with Gasteiger partial charge in [0.15, 0.2) is 0 Å². The maximum Gasteiger partial charge on any atom is 0.0245 e. The molecule has 0 aliphatic heterocycles. The van der Waals surface area contributed by atoms with Crippen LogP contribution in [0.2, 0.25) is 0 Å². The monoisotopic (exact) mass is 170 g/mol. The molecule has 1 aliphatic carbocycles. The van der Waals surface area contributed by atoms with Gasteiger partial charge in [-0.25, -0.2) is 0 Å². The molecule has 0 saturated heterocycles. The summed E-state index contributed by atoms with van der Waals surface area (Å²) in [5, 5.41) is 3.41. The fraction of sp³-hybridized carbons (Fsp3) is 1.00. The zero-order chi connectivity index (χ0) is 9.14. The Morgan fingerprint density at radius 1 is 1.25 bits per heavy atom. The van der Waals surface area contributed by atoms with Crippen LogP contribution in [0.1, 0.15) is 26.2 Å². The summed E-state index contributed by atoms with van der Waals surface area (Å²) < 4.78 is 0. The highest BCUT2D eigenvalue weighted by atomic mass is 15.1. The van der Waals surface area contributed by atoms with Crippen LogP contribution >= 0.6 is 0 Å². The Kier molecular flexibility index (Phi) is 3.53. The number of hydrogen-bond donors (Lipinski definition) is 1. The topological polar surface area (TPSA) is 15.3 Å². The number of nitrogens with one attached hydrogen (secondary N) is 1. The van der Waals surface area contributed by atoms with Gasteiger partial charge in [-0.3, -0.25) is 0 Å². The van der Waals surface area contributed by atoms with E-state index < -0.39 is 0 Å². The lowest BCUT2D eigenvalue weighted by atomic mass is 9.83. The number of nitrogens with zero attached hydrogens (tertiary/aromatic N) is 1. The Labute approximate surface area is 76.3 Å². The molecule has 1 aliphatic rings. The van der Waals surface area contributed by atoms with Crippen LogP contribution < -0.4 is 5.32 Å². The molecule has 12 heavy (non-hydrogen) atoms. The van der Waals surface area contributed by atoms with Gasteiger partial charge in [0, 0.05) is 12.1 Å². The number of hydrogen-bond acceptors (Lipinski definition) is 2. The van der Waals surface area contributed by atoms with E-state index in [1.165, 1.54) is 19.3 Å². The van der Waals surface area contributed by atoms with Gasteiger partial charge >= 0.3 is 0 Å². The van der Waals surface area contributed by atoms with E-state index in [9.17, 15) is 0 Å². The number of likely N-dealkylation sites (N-methyl/N-ethyl adjacent to an activating group) is 2. The molecule has 0 aromatic heterocycles. The fourth-order valence-corrected chi connectivity index (χ4v) is 2.26. The molecule has 0 radical (unpaired) electrons. The van der Waals surface area contributed by atoms with Crippen LogP contribution in [0.25, 0.3) is 0 Å². The lowest BCUT2D eigenvalue weighted by Gasteiger charge is -2.38. The minimum atomic E-state index is 0.705. The molecule has 0 spiro atoms. The van der Waals surface area contributed by atoms with Crippen LogP contribution in [0, 0.1) is 5.92 Å². The summed E-state index contributed by atoms with van der Waals surface area (Å²) in [6, 6.07) is 1.44. The summed E-state index contributed by atoms with van der Waals surface area (Å²) >= 11 is 0. The minimum Gasteiger partial charge on any atom is -0.315 e. The molecule has 2 nitrogen and oxygen atoms in total. The van der Waals surface area contributed by atoms with Crippen molar-refractivity contribution in [1.29, 1.82) is 0 Å². The third-order valence-corrected chi connectivity index (χ3v) is 3.11. The van der Waals surface area contributed by atoms with Gasteiger partial charge in [0.25, 0.3) is 0 Å². The molecule has 0 bridgehead atoms. The second-order valence-corrected chi connectivity index (χ2v) is 4.34. The SMILES string of the molecule is CNC1CCC(C)CC1N(C)C. The molecule has 1 rings (SSSR count). The van der Waals surface area contributed by atoms with Crippen molar-refractivity contribution in [2.24, 2.45) is 5.92 Å². The van der Waals surface area contributed by atoms with Gasteiger partial charge in [0.1, 0.15) is 0 Å². The Hall–Kier alpha value is -0.0800. The molecule has 1 fully saturated rings. The van der Waals surface area contributed by atoms with Crippen LogP contribution in [-0.4, -0.2) is 38.1 Å². The minimum absolute atomic E-state index is 0.705. The van der Waals surface area contributed by atoms with E-state index in [1.54, 1.807) is 0 Å². The number of rotatable bonds is 2. The van der Waals surface area contributed by atoms with E-state index in [0.717, 1.165) is 12.0 Å². The van der Waals surface area contributed by atoms with Crippen molar-refractivity contribution < 1.29 is 0 Å². The van der Waals surface area contributed by atoms with Crippen molar-refractivity contribution in [3.8, 4) is 0 Å². The Morgan fingerprint density at radius 3 is 2.42 bits per heavy atom. The zero-order valence-corrected chi connectivity index (χ0v) is 8.80. The molecular formula is C10H22N2. The first-order chi connectivity index (χ1) is 5.65. The van der Waals surface area contributed by atoms with E-state index in [-0.39, 0.29) is 0 Å². The van der Waals surface area contributed by atoms with Gasteiger partial charge in [-0.05, 0) is 46.3 Å². The normalized spacial score (nSPS) is 37.2. The van der Waals surface area contributed by atoms with Crippen LogP contribution in [0.4, 0.5) is 0 Å². The first-order valence-electron chi connectivity index (χ1n) is 4.98. The molecule has 72 valence electrons. The Bertz CT molecular complexity index is 134. The van der Waals surface area contributed by atoms with E-state index in [1.807, 2.05) is 0 Å². The zero-order valence-electron chi connectivity index (χ0n) is 8.80. The van der Waals surface area contributed by atoms with Gasteiger partial charge in [0.2, 0.25) is 0 Å². The van der Waals surface area contributed by atoms with Crippen molar-refractivity contribution in [3.63, 3.8) is 0 Å². The third-order valence-electron chi connectivity index (χ3n) is 3.11. The predicted octanol–water partition coefficient (Wildman–Crippen LogP) is 1.32. The first kappa shape index (κ1) is 10.0. The maximum atomic E-state index is 3.41. The second-order valence-electron chi connectivity index (χ2n) is 4.34. The summed E-state index contributed by atoms with van der Waals surface area (Å²) in [4.78, 5) is 2.36. The Morgan fingerprint density at radius 2 is 1.92 bits per heavy atom. The van der Waals surface area contributed by atoms with Gasteiger partial charge in [-0.15, -0.1) is 0 Å². The molecule has 1 saturated carbocycles. The van der Waals surface area contributed by atoms with E-state index >= 15 is 0 Å². The molecular weight excluding hydrogens is 148 g/mol. The molecule has 0 aromatic carbocycles. The Balaban J connectivity index is 2.52. The summed E-state index contributed by atoms with van der Waals surface area (Å²) in [6.07, 6.45) is 4.06. The van der Waals surface area contributed by atoms with Crippen molar-refractivity contribution in [3.05, 3.63) is 0 Å². The van der Waals surface area contributed by atoms with Crippen molar-refractivity contribution in [2.45, 2.75) is 38.3 Å². The van der Waals surface area contributed by atoms with Crippen LogP contribution in [0.15, 0.2) is 0 Å². The highest BCUT2D eigenvalue weighted by Crippen LogP contribution is 2.26. The van der Waals surface area contributed by atoms with Crippen LogP contribution in [-0.2, 0) is 0 Å². The van der Waals surface area contributed by atoms with E-state index in [4.69, 9.17) is 0 Å². The quantitative estimate of drug-likeness (QED) is 0.672. The van der Waals surface area contributed by atoms with E-state index in [2.05, 4.69) is 38.3 Å². The summed E-state index contributed by atoms with van der Waals surface area (Å²) in [5.74, 6) is 0.905. The van der Waals surface area contributed by atoms with Crippen LogP contribution in [0.5, 0.6) is 0 Å². The van der Waals surface area contributed by atoms with Crippen molar-refractivity contribution in [2.75, 3.05) is 21.1 Å². The van der Waals surface area contributed by atoms with Crippen molar-refractivity contribution in [1.82, 2.24) is 10.2 Å².